The SMILES string of the molecule is c1cnc2c(c1)B1N(c3ccc4sc5ccccc5c4c3)c3ccccc3N1c1ccoc1-2. The molecule has 0 saturated heterocycles. The summed E-state index contributed by atoms with van der Waals surface area (Å²) in [7, 11) is 0. The van der Waals surface area contributed by atoms with Crippen LogP contribution in [0.3, 0.4) is 0 Å². The van der Waals surface area contributed by atoms with Crippen LogP contribution >= 0.6 is 11.3 Å². The van der Waals surface area contributed by atoms with Gasteiger partial charge in [0, 0.05) is 32.1 Å². The number of hydrogen-bond acceptors (Lipinski definition) is 5. The summed E-state index contributed by atoms with van der Waals surface area (Å²) in [6.07, 6.45) is 3.61. The lowest BCUT2D eigenvalue weighted by atomic mass is 9.61. The van der Waals surface area contributed by atoms with Gasteiger partial charge < -0.3 is 14.0 Å². The van der Waals surface area contributed by atoms with Crippen molar-refractivity contribution >= 4 is 66.7 Å². The Hall–Kier alpha value is -4.03. The van der Waals surface area contributed by atoms with E-state index < -0.39 is 0 Å². The highest BCUT2D eigenvalue weighted by Gasteiger charge is 2.49. The van der Waals surface area contributed by atoms with Gasteiger partial charge in [0.25, 0.3) is 0 Å². The maximum Gasteiger partial charge on any atom is 0.423 e. The van der Waals surface area contributed by atoms with Gasteiger partial charge in [0.15, 0.2) is 5.76 Å². The third-order valence-corrected chi connectivity index (χ3v) is 7.92. The average molecular weight is 441 g/mol. The zero-order chi connectivity index (χ0) is 21.5. The number of thiophene rings is 1. The summed E-state index contributed by atoms with van der Waals surface area (Å²) >= 11 is 1.85. The fourth-order valence-corrected chi connectivity index (χ4v) is 6.51. The molecule has 3 aromatic carbocycles. The number of benzene rings is 3. The number of rotatable bonds is 1. The summed E-state index contributed by atoms with van der Waals surface area (Å²) in [6.45, 7) is -0.0291. The molecule has 0 bridgehead atoms. The number of pyridine rings is 1. The van der Waals surface area contributed by atoms with Crippen LogP contribution in [0, 0.1) is 0 Å². The molecule has 8 rings (SSSR count). The van der Waals surface area contributed by atoms with Crippen LogP contribution in [0.2, 0.25) is 0 Å². The average Bonchev–Trinajstić information content (AvgIpc) is 3.57. The van der Waals surface area contributed by atoms with Gasteiger partial charge >= 0.3 is 6.98 Å². The maximum absolute atomic E-state index is 5.92. The van der Waals surface area contributed by atoms with E-state index in [-0.39, 0.29) is 6.98 Å². The predicted octanol–water partition coefficient (Wildman–Crippen LogP) is 6.71. The van der Waals surface area contributed by atoms with Gasteiger partial charge in [-0.2, -0.15) is 0 Å². The van der Waals surface area contributed by atoms with Crippen molar-refractivity contribution in [3.63, 3.8) is 0 Å². The lowest BCUT2D eigenvalue weighted by Gasteiger charge is -2.33. The van der Waals surface area contributed by atoms with Gasteiger partial charge in [-0.3, -0.25) is 4.98 Å². The molecule has 0 saturated carbocycles. The lowest BCUT2D eigenvalue weighted by molar-refractivity contribution is 0.580. The Balaban J connectivity index is 1.42. The molecule has 0 radical (unpaired) electrons. The molecule has 4 nitrogen and oxygen atoms in total. The quantitative estimate of drug-likeness (QED) is 0.266. The number of aromatic nitrogens is 1. The summed E-state index contributed by atoms with van der Waals surface area (Å²) < 4.78 is 8.56. The van der Waals surface area contributed by atoms with Crippen molar-refractivity contribution in [3.8, 4) is 11.5 Å². The topological polar surface area (TPSA) is 32.5 Å². The molecule has 3 aromatic heterocycles. The molecular weight excluding hydrogens is 425 g/mol. The first kappa shape index (κ1) is 17.5. The minimum atomic E-state index is -0.0291. The molecule has 33 heavy (non-hydrogen) atoms. The number of nitrogens with zero attached hydrogens (tertiary/aromatic N) is 3. The largest absolute Gasteiger partial charge is 0.461 e. The normalized spacial score (nSPS) is 13.9. The Bertz CT molecular complexity index is 1720. The van der Waals surface area contributed by atoms with Crippen molar-refractivity contribution in [2.24, 2.45) is 0 Å². The van der Waals surface area contributed by atoms with Gasteiger partial charge in [-0.25, -0.2) is 0 Å². The van der Waals surface area contributed by atoms with E-state index >= 15 is 0 Å². The second-order valence-corrected chi connectivity index (χ2v) is 9.54. The molecule has 0 spiro atoms. The van der Waals surface area contributed by atoms with Crippen LogP contribution in [-0.2, 0) is 0 Å². The summed E-state index contributed by atoms with van der Waals surface area (Å²) in [6, 6.07) is 30.4. The number of hydrogen-bond donors (Lipinski definition) is 0. The fraction of sp³-hybridized carbons (Fsp3) is 0. The van der Waals surface area contributed by atoms with E-state index in [2.05, 4.69) is 88.5 Å². The number of fused-ring (bicyclic) bond motifs is 11. The Morgan fingerprint density at radius 3 is 2.48 bits per heavy atom. The highest BCUT2D eigenvalue weighted by atomic mass is 32.1. The van der Waals surface area contributed by atoms with E-state index in [0.717, 1.165) is 22.6 Å². The Morgan fingerprint density at radius 1 is 0.727 bits per heavy atom. The van der Waals surface area contributed by atoms with Crippen LogP contribution in [0.1, 0.15) is 0 Å². The third kappa shape index (κ3) is 2.23. The fourth-order valence-electron chi connectivity index (χ4n) is 5.42. The van der Waals surface area contributed by atoms with E-state index in [0.29, 0.717) is 0 Å². The first-order valence-electron chi connectivity index (χ1n) is 11.0. The Kier molecular flexibility index (Phi) is 3.33. The maximum atomic E-state index is 5.92. The number of para-hydroxylation sites is 2. The molecule has 2 aliphatic heterocycles. The van der Waals surface area contributed by atoms with Crippen LogP contribution in [0.25, 0.3) is 31.6 Å². The van der Waals surface area contributed by atoms with E-state index in [1.54, 1.807) is 6.26 Å². The Labute approximate surface area is 194 Å². The first-order valence-corrected chi connectivity index (χ1v) is 11.8. The number of furan rings is 1. The van der Waals surface area contributed by atoms with Crippen LogP contribution in [0.5, 0.6) is 0 Å². The van der Waals surface area contributed by atoms with Crippen molar-refractivity contribution in [2.45, 2.75) is 0 Å². The molecule has 0 aliphatic carbocycles. The first-order chi connectivity index (χ1) is 16.4. The molecule has 5 heterocycles. The van der Waals surface area contributed by atoms with Gasteiger partial charge in [-0.05, 0) is 54.0 Å². The van der Waals surface area contributed by atoms with Crippen LogP contribution in [0.4, 0.5) is 22.7 Å². The van der Waals surface area contributed by atoms with Crippen molar-refractivity contribution in [1.29, 1.82) is 0 Å². The van der Waals surface area contributed by atoms with E-state index in [1.807, 2.05) is 23.6 Å². The minimum Gasteiger partial charge on any atom is -0.461 e. The molecule has 0 N–H and O–H groups in total. The molecule has 6 heteroatoms. The van der Waals surface area contributed by atoms with E-state index in [4.69, 9.17) is 9.40 Å². The van der Waals surface area contributed by atoms with Gasteiger partial charge in [-0.15, -0.1) is 11.3 Å². The molecule has 6 aromatic rings. The van der Waals surface area contributed by atoms with Crippen molar-refractivity contribution in [2.75, 3.05) is 9.62 Å². The third-order valence-electron chi connectivity index (χ3n) is 6.76. The molecular formula is C27H16BN3OS. The summed E-state index contributed by atoms with van der Waals surface area (Å²) in [4.78, 5) is 9.55. The standard InChI is InChI=1S/C27H16BN3OS/c1-4-10-24-18(6-1)19-16-17(11-12-25(19)33-24)30-21-8-2-3-9-22(21)31-23-13-15-32-27(23)26-20(28(30)31)7-5-14-29-26/h1-16H. The van der Waals surface area contributed by atoms with Gasteiger partial charge in [0.05, 0.1) is 23.3 Å². The van der Waals surface area contributed by atoms with Gasteiger partial charge in [0.2, 0.25) is 0 Å². The summed E-state index contributed by atoms with van der Waals surface area (Å²) in [5.41, 5.74) is 6.65. The monoisotopic (exact) mass is 441 g/mol. The van der Waals surface area contributed by atoms with Crippen LogP contribution in [0.15, 0.2) is 102 Å². The van der Waals surface area contributed by atoms with Crippen molar-refractivity contribution in [1.82, 2.24) is 4.98 Å². The van der Waals surface area contributed by atoms with E-state index in [1.165, 1.54) is 37.2 Å². The smallest absolute Gasteiger partial charge is 0.423 e. The van der Waals surface area contributed by atoms with Crippen molar-refractivity contribution < 1.29 is 4.42 Å². The second kappa shape index (κ2) is 6.27. The Morgan fingerprint density at radius 2 is 1.55 bits per heavy atom. The predicted molar refractivity (Wildman–Crippen MR) is 137 cm³/mol. The van der Waals surface area contributed by atoms with Crippen molar-refractivity contribution in [3.05, 3.63) is 97.4 Å². The summed E-state index contributed by atoms with van der Waals surface area (Å²) in [5, 5.41) is 2.61. The molecule has 0 fully saturated rings. The van der Waals surface area contributed by atoms with Crippen LogP contribution in [-0.4, -0.2) is 12.0 Å². The highest BCUT2D eigenvalue weighted by Crippen LogP contribution is 2.51. The van der Waals surface area contributed by atoms with Gasteiger partial charge in [0.1, 0.15) is 5.69 Å². The number of anilines is 4. The minimum absolute atomic E-state index is 0.0291. The summed E-state index contributed by atoms with van der Waals surface area (Å²) in [5.74, 6) is 0.831. The lowest BCUT2D eigenvalue weighted by Crippen LogP contribution is -2.55. The molecule has 0 unspecified atom stereocenters. The highest BCUT2D eigenvalue weighted by molar-refractivity contribution is 7.25. The second-order valence-electron chi connectivity index (χ2n) is 8.46. The zero-order valence-corrected chi connectivity index (χ0v) is 18.3. The molecule has 2 aliphatic rings. The molecule has 0 atom stereocenters. The van der Waals surface area contributed by atoms with Crippen LogP contribution < -0.4 is 15.1 Å². The van der Waals surface area contributed by atoms with Gasteiger partial charge in [-0.1, -0.05) is 36.4 Å². The molecule has 0 amide bonds. The zero-order valence-electron chi connectivity index (χ0n) is 17.5. The molecule has 154 valence electrons. The van der Waals surface area contributed by atoms with E-state index in [9.17, 15) is 0 Å².